The Morgan fingerprint density at radius 1 is 1.59 bits per heavy atom. The van der Waals surface area contributed by atoms with Crippen LogP contribution in [0.15, 0.2) is 16.7 Å². The lowest BCUT2D eigenvalue weighted by Crippen LogP contribution is -2.15. The van der Waals surface area contributed by atoms with Crippen LogP contribution in [-0.2, 0) is 6.54 Å². The molecule has 96 valence electrons. The number of aliphatic hydroxyl groups is 1. The molecular formula is C12H19NO4. The van der Waals surface area contributed by atoms with Crippen LogP contribution in [0.3, 0.4) is 0 Å². The van der Waals surface area contributed by atoms with Crippen molar-refractivity contribution < 1.29 is 19.4 Å². The summed E-state index contributed by atoms with van der Waals surface area (Å²) in [6.45, 7) is 3.58. The van der Waals surface area contributed by atoms with Crippen molar-refractivity contribution in [3.05, 3.63) is 23.7 Å². The number of aromatic carboxylic acids is 1. The zero-order valence-electron chi connectivity index (χ0n) is 9.98. The van der Waals surface area contributed by atoms with Crippen molar-refractivity contribution in [2.45, 2.75) is 26.3 Å². The van der Waals surface area contributed by atoms with E-state index in [9.17, 15) is 4.79 Å². The first-order chi connectivity index (χ1) is 8.13. The van der Waals surface area contributed by atoms with Crippen LogP contribution in [-0.4, -0.2) is 29.3 Å². The second-order valence-corrected chi connectivity index (χ2v) is 4.21. The van der Waals surface area contributed by atoms with Crippen molar-refractivity contribution in [2.75, 3.05) is 13.2 Å². The van der Waals surface area contributed by atoms with Gasteiger partial charge in [0.05, 0.1) is 12.1 Å². The highest BCUT2D eigenvalue weighted by Gasteiger charge is 2.07. The predicted molar refractivity (Wildman–Crippen MR) is 62.9 cm³/mol. The smallest absolute Gasteiger partial charge is 0.338 e. The van der Waals surface area contributed by atoms with Gasteiger partial charge >= 0.3 is 5.97 Å². The van der Waals surface area contributed by atoms with Crippen LogP contribution in [0.1, 0.15) is 35.9 Å². The molecule has 1 aromatic rings. The van der Waals surface area contributed by atoms with Gasteiger partial charge in [-0.05, 0) is 31.4 Å². The minimum absolute atomic E-state index is 0.177. The maximum absolute atomic E-state index is 10.6. The average molecular weight is 241 g/mol. The summed E-state index contributed by atoms with van der Waals surface area (Å²) < 4.78 is 5.09. The Kier molecular flexibility index (Phi) is 5.72. The van der Waals surface area contributed by atoms with Crippen LogP contribution >= 0.6 is 0 Å². The normalized spacial score (nSPS) is 12.6. The third-order valence-electron chi connectivity index (χ3n) is 2.56. The van der Waals surface area contributed by atoms with E-state index in [0.717, 1.165) is 19.4 Å². The fourth-order valence-electron chi connectivity index (χ4n) is 1.46. The molecule has 0 saturated carbocycles. The van der Waals surface area contributed by atoms with Crippen LogP contribution < -0.4 is 5.32 Å². The van der Waals surface area contributed by atoms with Crippen LogP contribution in [0.25, 0.3) is 0 Å². The lowest BCUT2D eigenvalue weighted by atomic mass is 10.1. The monoisotopic (exact) mass is 241 g/mol. The summed E-state index contributed by atoms with van der Waals surface area (Å²) in [5.41, 5.74) is 0.177. The minimum atomic E-state index is -0.975. The third-order valence-corrected chi connectivity index (χ3v) is 2.56. The highest BCUT2D eigenvalue weighted by Crippen LogP contribution is 2.07. The standard InChI is InChI=1S/C12H19NO4/c1-9(7-14)3-2-4-13-6-11-5-10(8-17-11)12(15)16/h5,8-9,13-14H,2-4,6-7H2,1H3,(H,15,16). The molecule has 0 amide bonds. The topological polar surface area (TPSA) is 82.7 Å². The summed E-state index contributed by atoms with van der Waals surface area (Å²) in [6, 6.07) is 1.52. The van der Waals surface area contributed by atoms with Crippen molar-refractivity contribution in [1.82, 2.24) is 5.32 Å². The molecule has 1 atom stereocenters. The maximum Gasteiger partial charge on any atom is 0.338 e. The quantitative estimate of drug-likeness (QED) is 0.600. The molecule has 1 unspecified atom stereocenters. The van der Waals surface area contributed by atoms with Gasteiger partial charge in [0.25, 0.3) is 0 Å². The molecule has 0 aliphatic rings. The average Bonchev–Trinajstić information content (AvgIpc) is 2.77. The lowest BCUT2D eigenvalue weighted by Gasteiger charge is -2.07. The molecule has 0 radical (unpaired) electrons. The summed E-state index contributed by atoms with van der Waals surface area (Å²) >= 11 is 0. The number of hydrogen-bond acceptors (Lipinski definition) is 4. The minimum Gasteiger partial charge on any atom is -0.478 e. The van der Waals surface area contributed by atoms with Crippen molar-refractivity contribution in [1.29, 1.82) is 0 Å². The molecule has 0 aliphatic carbocycles. The van der Waals surface area contributed by atoms with E-state index in [1.54, 1.807) is 0 Å². The molecule has 0 fully saturated rings. The summed E-state index contributed by atoms with van der Waals surface area (Å²) in [7, 11) is 0. The fourth-order valence-corrected chi connectivity index (χ4v) is 1.46. The number of rotatable bonds is 8. The molecule has 0 aromatic carbocycles. The SMILES string of the molecule is CC(CO)CCCNCc1cc(C(=O)O)co1. The van der Waals surface area contributed by atoms with Gasteiger partial charge in [-0.2, -0.15) is 0 Å². The van der Waals surface area contributed by atoms with Gasteiger partial charge in [-0.3, -0.25) is 0 Å². The largest absolute Gasteiger partial charge is 0.478 e. The molecule has 0 bridgehead atoms. The Labute approximate surface area is 100 Å². The van der Waals surface area contributed by atoms with E-state index in [1.165, 1.54) is 12.3 Å². The molecular weight excluding hydrogens is 222 g/mol. The first-order valence-corrected chi connectivity index (χ1v) is 5.75. The molecule has 0 aliphatic heterocycles. The molecule has 1 heterocycles. The van der Waals surface area contributed by atoms with E-state index in [-0.39, 0.29) is 12.2 Å². The summed E-state index contributed by atoms with van der Waals surface area (Å²) in [6.07, 6.45) is 3.20. The second-order valence-electron chi connectivity index (χ2n) is 4.21. The van der Waals surface area contributed by atoms with Gasteiger partial charge in [-0.25, -0.2) is 4.79 Å². The van der Waals surface area contributed by atoms with Gasteiger partial charge in [0.15, 0.2) is 0 Å². The van der Waals surface area contributed by atoms with Gasteiger partial charge in [0, 0.05) is 6.61 Å². The van der Waals surface area contributed by atoms with Gasteiger partial charge in [-0.1, -0.05) is 6.92 Å². The zero-order valence-corrected chi connectivity index (χ0v) is 9.98. The number of furan rings is 1. The van der Waals surface area contributed by atoms with E-state index >= 15 is 0 Å². The van der Waals surface area contributed by atoms with Crippen LogP contribution in [0.2, 0.25) is 0 Å². The second kappa shape index (κ2) is 7.09. The highest BCUT2D eigenvalue weighted by atomic mass is 16.4. The Balaban J connectivity index is 2.15. The molecule has 5 heteroatoms. The van der Waals surface area contributed by atoms with E-state index in [2.05, 4.69) is 5.32 Å². The van der Waals surface area contributed by atoms with Crippen LogP contribution in [0.4, 0.5) is 0 Å². The number of hydrogen-bond donors (Lipinski definition) is 3. The summed E-state index contributed by atoms with van der Waals surface area (Å²) in [5, 5.41) is 20.7. The maximum atomic E-state index is 10.6. The number of carbonyl (C=O) groups is 1. The summed E-state index contributed by atoms with van der Waals surface area (Å²) in [5.74, 6) is -0.0200. The zero-order chi connectivity index (χ0) is 12.7. The van der Waals surface area contributed by atoms with Crippen molar-refractivity contribution in [3.8, 4) is 0 Å². The van der Waals surface area contributed by atoms with Crippen molar-refractivity contribution in [3.63, 3.8) is 0 Å². The first-order valence-electron chi connectivity index (χ1n) is 5.75. The Hall–Kier alpha value is -1.33. The molecule has 0 saturated heterocycles. The predicted octanol–water partition coefficient (Wildman–Crippen LogP) is 1.48. The van der Waals surface area contributed by atoms with E-state index in [0.29, 0.717) is 18.2 Å². The van der Waals surface area contributed by atoms with Gasteiger partial charge < -0.3 is 19.9 Å². The summed E-state index contributed by atoms with van der Waals surface area (Å²) in [4.78, 5) is 10.6. The Morgan fingerprint density at radius 3 is 2.94 bits per heavy atom. The van der Waals surface area contributed by atoms with E-state index in [1.807, 2.05) is 6.92 Å². The van der Waals surface area contributed by atoms with Crippen molar-refractivity contribution >= 4 is 5.97 Å². The molecule has 5 nitrogen and oxygen atoms in total. The number of aliphatic hydroxyl groups excluding tert-OH is 1. The highest BCUT2D eigenvalue weighted by molar-refractivity contribution is 5.87. The van der Waals surface area contributed by atoms with Gasteiger partial charge in [0.1, 0.15) is 12.0 Å². The van der Waals surface area contributed by atoms with Crippen molar-refractivity contribution in [2.24, 2.45) is 5.92 Å². The first kappa shape index (κ1) is 13.7. The van der Waals surface area contributed by atoms with Crippen LogP contribution in [0.5, 0.6) is 0 Å². The number of carboxylic acids is 1. The molecule has 1 rings (SSSR count). The Bertz CT molecular complexity index is 348. The molecule has 3 N–H and O–H groups in total. The van der Waals surface area contributed by atoms with E-state index < -0.39 is 5.97 Å². The van der Waals surface area contributed by atoms with Gasteiger partial charge in [0.2, 0.25) is 0 Å². The number of nitrogens with one attached hydrogen (secondary N) is 1. The fraction of sp³-hybridized carbons (Fsp3) is 0.583. The molecule has 17 heavy (non-hydrogen) atoms. The van der Waals surface area contributed by atoms with E-state index in [4.69, 9.17) is 14.6 Å². The molecule has 1 aromatic heterocycles. The third kappa shape index (κ3) is 5.01. The Morgan fingerprint density at radius 2 is 2.35 bits per heavy atom. The molecule has 0 spiro atoms. The van der Waals surface area contributed by atoms with Crippen LogP contribution in [0, 0.1) is 5.92 Å². The van der Waals surface area contributed by atoms with Gasteiger partial charge in [-0.15, -0.1) is 0 Å². The lowest BCUT2D eigenvalue weighted by molar-refractivity contribution is 0.0696. The number of carboxylic acid groups (broad SMARTS) is 1.